The van der Waals surface area contributed by atoms with E-state index in [2.05, 4.69) is 25.9 Å². The fourth-order valence-corrected chi connectivity index (χ4v) is 4.51. The molecule has 0 spiro atoms. The van der Waals surface area contributed by atoms with Crippen LogP contribution in [0.1, 0.15) is 47.4 Å². The highest BCUT2D eigenvalue weighted by atomic mass is 19.4. The molecule has 3 heterocycles. The first-order valence-corrected chi connectivity index (χ1v) is 12.8. The summed E-state index contributed by atoms with van der Waals surface area (Å²) in [5.41, 5.74) is 1.57. The Labute approximate surface area is 233 Å². The van der Waals surface area contributed by atoms with Crippen LogP contribution in [0.25, 0.3) is 11.3 Å². The van der Waals surface area contributed by atoms with E-state index in [0.29, 0.717) is 30.4 Å². The molecule has 0 saturated heterocycles. The molecule has 5 N–H and O–H groups in total. The van der Waals surface area contributed by atoms with Gasteiger partial charge in [0.1, 0.15) is 17.1 Å². The number of alkyl halides is 3. The van der Waals surface area contributed by atoms with Crippen LogP contribution in [0.4, 0.5) is 33.3 Å². The predicted octanol–water partition coefficient (Wildman–Crippen LogP) is 4.68. The third-order valence-corrected chi connectivity index (χ3v) is 6.61. The first-order chi connectivity index (χ1) is 19.3. The number of rotatable bonds is 4. The van der Waals surface area contributed by atoms with Crippen molar-refractivity contribution >= 4 is 17.3 Å². The molecule has 220 valence electrons. The van der Waals surface area contributed by atoms with Crippen molar-refractivity contribution in [2.24, 2.45) is 7.05 Å². The van der Waals surface area contributed by atoms with Crippen LogP contribution >= 0.6 is 0 Å². The van der Waals surface area contributed by atoms with Gasteiger partial charge in [-0.15, -0.1) is 0 Å². The molecule has 3 aromatic rings. The predicted molar refractivity (Wildman–Crippen MR) is 143 cm³/mol. The zero-order valence-corrected chi connectivity index (χ0v) is 22.8. The molecule has 0 fully saturated rings. The minimum atomic E-state index is -5.08. The van der Waals surface area contributed by atoms with Crippen molar-refractivity contribution < 1.29 is 31.5 Å². The summed E-state index contributed by atoms with van der Waals surface area (Å²) in [5, 5.41) is 8.65. The molecule has 14 heteroatoms. The maximum absolute atomic E-state index is 16.4. The van der Waals surface area contributed by atoms with Crippen LogP contribution in [-0.4, -0.2) is 39.6 Å². The largest absolute Gasteiger partial charge is 0.474 e. The van der Waals surface area contributed by atoms with Crippen LogP contribution in [0.2, 0.25) is 0 Å². The summed E-state index contributed by atoms with van der Waals surface area (Å²) < 4.78 is 81.1. The number of aryl methyl sites for hydroxylation is 1. The van der Waals surface area contributed by atoms with Gasteiger partial charge in [0.05, 0.1) is 48.2 Å². The molecule has 41 heavy (non-hydrogen) atoms. The number of carbonyl (C=O) groups is 1. The molecular weight excluding hydrogens is 549 g/mol. The van der Waals surface area contributed by atoms with Crippen molar-refractivity contribution in [2.45, 2.75) is 46.0 Å². The van der Waals surface area contributed by atoms with Crippen molar-refractivity contribution in [1.29, 1.82) is 0 Å². The van der Waals surface area contributed by atoms with Crippen LogP contribution < -0.4 is 26.4 Å². The number of aromatic nitrogens is 3. The van der Waals surface area contributed by atoms with Gasteiger partial charge in [-0.2, -0.15) is 13.2 Å². The molecule has 1 aliphatic rings. The van der Waals surface area contributed by atoms with Gasteiger partial charge >= 0.3 is 6.18 Å². The average molecular weight is 580 g/mol. The summed E-state index contributed by atoms with van der Waals surface area (Å²) in [6.07, 6.45) is -0.317. The summed E-state index contributed by atoms with van der Waals surface area (Å²) in [5.74, 6) is -3.72. The number of nitrogens with two attached hydrogens (primary N) is 1. The molecule has 4 rings (SSSR count). The zero-order chi connectivity index (χ0) is 30.1. The number of allylic oxidation sites excluding steroid dienone is 1. The zero-order valence-electron chi connectivity index (χ0n) is 22.8. The Morgan fingerprint density at radius 2 is 2.00 bits per heavy atom. The number of hydrogen-bond acceptors (Lipinski definition) is 7. The summed E-state index contributed by atoms with van der Waals surface area (Å²) >= 11 is 0. The van der Waals surface area contributed by atoms with Gasteiger partial charge in [-0.05, 0) is 32.4 Å². The molecule has 0 unspecified atom stereocenters. The molecule has 0 radical (unpaired) electrons. The van der Waals surface area contributed by atoms with E-state index in [1.165, 1.54) is 6.33 Å². The maximum atomic E-state index is 16.4. The number of nitrogen functional groups attached to an aromatic ring is 1. The lowest BCUT2D eigenvalue weighted by atomic mass is 9.95. The fourth-order valence-electron chi connectivity index (χ4n) is 4.51. The number of amides is 1. The molecule has 0 bridgehead atoms. The van der Waals surface area contributed by atoms with Crippen molar-refractivity contribution in [3.8, 4) is 17.1 Å². The minimum absolute atomic E-state index is 0.0676. The molecule has 0 saturated carbocycles. The number of ether oxygens (including phenoxy) is 1. The third kappa shape index (κ3) is 6.20. The lowest BCUT2D eigenvalue weighted by molar-refractivity contribution is -0.137. The van der Waals surface area contributed by atoms with Crippen molar-refractivity contribution in [3.63, 3.8) is 0 Å². The maximum Gasteiger partial charge on any atom is 0.417 e. The monoisotopic (exact) mass is 579 g/mol. The van der Waals surface area contributed by atoms with Gasteiger partial charge in [-0.25, -0.2) is 18.7 Å². The summed E-state index contributed by atoms with van der Waals surface area (Å²) in [7, 11) is 1.72. The number of hydrogen-bond donors (Lipinski definition) is 4. The highest BCUT2D eigenvalue weighted by Gasteiger charge is 2.39. The number of anilines is 2. The molecule has 9 nitrogen and oxygen atoms in total. The van der Waals surface area contributed by atoms with Gasteiger partial charge in [-0.1, -0.05) is 6.08 Å². The topological polar surface area (TPSA) is 119 Å². The Kier molecular flexibility index (Phi) is 8.40. The second-order valence-electron chi connectivity index (χ2n) is 9.68. The normalized spacial score (nSPS) is 17.2. The van der Waals surface area contributed by atoms with Crippen LogP contribution in [0.5, 0.6) is 5.88 Å². The van der Waals surface area contributed by atoms with E-state index < -0.39 is 69.5 Å². The van der Waals surface area contributed by atoms with Crippen LogP contribution in [0, 0.1) is 18.6 Å². The van der Waals surface area contributed by atoms with Crippen LogP contribution in [-0.2, 0) is 19.8 Å². The fraction of sp³-hybridized carbons (Fsp3) is 0.370. The van der Waals surface area contributed by atoms with E-state index in [1.807, 2.05) is 0 Å². The number of nitrogens with one attached hydrogen (secondary N) is 3. The van der Waals surface area contributed by atoms with Gasteiger partial charge in [0, 0.05) is 37.5 Å². The Morgan fingerprint density at radius 3 is 2.63 bits per heavy atom. The lowest BCUT2D eigenvalue weighted by Crippen LogP contribution is -2.31. The number of pyridine rings is 1. The summed E-state index contributed by atoms with van der Waals surface area (Å²) in [6, 6.07) is 0.683. The van der Waals surface area contributed by atoms with E-state index in [-0.39, 0.29) is 18.7 Å². The number of halogens is 5. The second kappa shape index (κ2) is 11.6. The highest BCUT2D eigenvalue weighted by molar-refractivity contribution is 6.03. The van der Waals surface area contributed by atoms with E-state index >= 15 is 4.39 Å². The third-order valence-electron chi connectivity index (χ3n) is 6.61. The summed E-state index contributed by atoms with van der Waals surface area (Å²) in [6.45, 7) is 4.80. The number of imidazole rings is 1. The van der Waals surface area contributed by atoms with Crippen LogP contribution in [0.15, 0.2) is 30.4 Å². The van der Waals surface area contributed by atoms with E-state index in [0.717, 1.165) is 6.92 Å². The highest BCUT2D eigenvalue weighted by Crippen LogP contribution is 2.44. The van der Waals surface area contributed by atoms with E-state index in [1.54, 1.807) is 37.7 Å². The Balaban J connectivity index is 2.00. The summed E-state index contributed by atoms with van der Waals surface area (Å²) in [4.78, 5) is 21.7. The molecule has 1 atom stereocenters. The minimum Gasteiger partial charge on any atom is -0.474 e. The van der Waals surface area contributed by atoms with Gasteiger partial charge < -0.3 is 31.0 Å². The Hall–Kier alpha value is -4.36. The smallest absolute Gasteiger partial charge is 0.417 e. The molecule has 2 aromatic heterocycles. The van der Waals surface area contributed by atoms with Crippen molar-refractivity contribution in [3.05, 3.63) is 64.4 Å². The van der Waals surface area contributed by atoms with Crippen molar-refractivity contribution in [2.75, 3.05) is 24.1 Å². The first kappa shape index (κ1) is 29.6. The lowest BCUT2D eigenvalue weighted by Gasteiger charge is -2.22. The van der Waals surface area contributed by atoms with Gasteiger partial charge in [0.2, 0.25) is 5.88 Å². The standard InChI is InChI=1S/C27H30F5N7O2/c1-5-15-9-36-25(40)19-24(35-10-16-11-39(4)12-37-16)22(29)23(38-26(19)41-13(2)6-7-34-15)17-8-18(33)21(28)14(3)20(17)27(30,31)32/h5,8,11-13,34H,6-7,9-10,33H2,1-4H3,(H,35,38)(H,36,40)/b15-5-/t13-/m0/s1. The quantitative estimate of drug-likeness (QED) is 0.262. The number of benzene rings is 1. The molecule has 0 aliphatic carbocycles. The van der Waals surface area contributed by atoms with Gasteiger partial charge in [-0.3, -0.25) is 4.79 Å². The van der Waals surface area contributed by atoms with Gasteiger partial charge in [0.25, 0.3) is 5.91 Å². The van der Waals surface area contributed by atoms with Crippen molar-refractivity contribution in [1.82, 2.24) is 25.2 Å². The SMILES string of the molecule is C/C=C1/CNC(=O)c2c(nc(-c3cc(N)c(F)c(C)c3C(F)(F)F)c(F)c2NCc2cn(C)cn2)O[C@@H](C)CCN1. The average Bonchev–Trinajstić information content (AvgIpc) is 3.31. The first-order valence-electron chi connectivity index (χ1n) is 12.8. The Bertz CT molecular complexity index is 1500. The molecular formula is C27H30F5N7O2. The molecule has 1 aromatic carbocycles. The number of carbonyl (C=O) groups excluding carboxylic acids is 1. The molecule has 1 aliphatic heterocycles. The van der Waals surface area contributed by atoms with Gasteiger partial charge in [0.15, 0.2) is 5.82 Å². The van der Waals surface area contributed by atoms with E-state index in [9.17, 15) is 22.4 Å². The molecule has 1 amide bonds. The second-order valence-corrected chi connectivity index (χ2v) is 9.68. The Morgan fingerprint density at radius 1 is 1.27 bits per heavy atom. The van der Waals surface area contributed by atoms with Crippen LogP contribution in [0.3, 0.4) is 0 Å². The number of nitrogens with zero attached hydrogens (tertiary/aromatic N) is 3. The number of fused-ring (bicyclic) bond motifs is 1. The van der Waals surface area contributed by atoms with E-state index in [4.69, 9.17) is 10.5 Å².